The maximum atomic E-state index is 12.8. The Morgan fingerprint density at radius 3 is 2.06 bits per heavy atom. The molecule has 1 atom stereocenters. The lowest BCUT2D eigenvalue weighted by molar-refractivity contribution is -0.155. The predicted molar refractivity (Wildman–Crippen MR) is 124 cm³/mol. The van der Waals surface area contributed by atoms with Crippen LogP contribution in [0.1, 0.15) is 18.1 Å². The highest BCUT2D eigenvalue weighted by Gasteiger charge is 2.19. The molecule has 0 bridgehead atoms. The van der Waals surface area contributed by atoms with Crippen LogP contribution in [0.4, 0.5) is 0 Å². The van der Waals surface area contributed by atoms with Gasteiger partial charge in [0.2, 0.25) is 0 Å². The molecular weight excluding hydrogens is 404 g/mol. The van der Waals surface area contributed by atoms with Crippen molar-refractivity contribution in [1.29, 1.82) is 0 Å². The number of hydrogen-bond donors (Lipinski definition) is 1. The predicted octanol–water partition coefficient (Wildman–Crippen LogP) is 3.71. The summed E-state index contributed by atoms with van der Waals surface area (Å²) in [7, 11) is 0. The number of para-hydroxylation sites is 2. The highest BCUT2D eigenvalue weighted by molar-refractivity contribution is 5.94. The number of rotatable bonds is 6. The maximum Gasteiger partial charge on any atom is 0.326 e. The summed E-state index contributed by atoms with van der Waals surface area (Å²) in [5.74, 6) is -0.921. The lowest BCUT2D eigenvalue weighted by Gasteiger charge is -2.17. The van der Waals surface area contributed by atoms with Gasteiger partial charge in [-0.2, -0.15) is 0 Å². The van der Waals surface area contributed by atoms with Crippen molar-refractivity contribution in [2.45, 2.75) is 33.0 Å². The van der Waals surface area contributed by atoms with E-state index < -0.39 is 12.1 Å². The quantitative estimate of drug-likeness (QED) is 0.375. The van der Waals surface area contributed by atoms with Gasteiger partial charge in [0.15, 0.2) is 11.5 Å². The monoisotopic (exact) mass is 428 g/mol. The van der Waals surface area contributed by atoms with E-state index in [1.807, 2.05) is 43.3 Å². The van der Waals surface area contributed by atoms with E-state index in [9.17, 15) is 14.4 Å². The van der Waals surface area contributed by atoms with Crippen molar-refractivity contribution < 1.29 is 14.3 Å². The molecule has 0 unspecified atom stereocenters. The number of aryl methyl sites for hydroxylation is 1. The van der Waals surface area contributed by atoms with Gasteiger partial charge in [-0.25, -0.2) is 0 Å². The molecule has 0 radical (unpaired) electrons. The summed E-state index contributed by atoms with van der Waals surface area (Å²) >= 11 is 0. The van der Waals surface area contributed by atoms with Crippen LogP contribution in [0.3, 0.4) is 0 Å². The molecular formula is C26H24N2O4. The van der Waals surface area contributed by atoms with E-state index in [1.165, 1.54) is 0 Å². The Morgan fingerprint density at radius 2 is 1.47 bits per heavy atom. The van der Waals surface area contributed by atoms with E-state index >= 15 is 0 Å². The minimum atomic E-state index is -0.940. The standard InChI is InChI=1S/C26H24N2O4/c1-17-11-13-19(14-12-17)15-27-26(31)18(2)32-24(29)16-28-22-9-5-3-7-20(22)25(30)21-8-4-6-10-23(21)28/h3-14,18H,15-16H2,1-2H3,(H,27,31)/t18-/m1/s1. The van der Waals surface area contributed by atoms with E-state index in [4.69, 9.17) is 4.74 Å². The molecule has 4 aromatic rings. The molecule has 32 heavy (non-hydrogen) atoms. The Hall–Kier alpha value is -3.93. The average Bonchev–Trinajstić information content (AvgIpc) is 2.81. The van der Waals surface area contributed by atoms with Crippen molar-refractivity contribution in [3.05, 3.63) is 94.1 Å². The van der Waals surface area contributed by atoms with Crippen LogP contribution in [-0.4, -0.2) is 22.5 Å². The fourth-order valence-electron chi connectivity index (χ4n) is 3.70. The lowest BCUT2D eigenvalue weighted by Crippen LogP contribution is -2.36. The number of nitrogens with zero attached hydrogens (tertiary/aromatic N) is 1. The highest BCUT2D eigenvalue weighted by atomic mass is 16.5. The maximum absolute atomic E-state index is 12.8. The third kappa shape index (κ3) is 4.39. The molecule has 4 rings (SSSR count). The lowest BCUT2D eigenvalue weighted by atomic mass is 10.1. The van der Waals surface area contributed by atoms with E-state index in [0.717, 1.165) is 11.1 Å². The van der Waals surface area contributed by atoms with Crippen molar-refractivity contribution in [2.75, 3.05) is 0 Å². The van der Waals surface area contributed by atoms with Crippen molar-refractivity contribution in [1.82, 2.24) is 9.88 Å². The van der Waals surface area contributed by atoms with Crippen LogP contribution >= 0.6 is 0 Å². The Labute approximate surface area is 185 Å². The molecule has 1 aromatic heterocycles. The first kappa shape index (κ1) is 21.3. The molecule has 0 saturated heterocycles. The second-order valence-electron chi connectivity index (χ2n) is 7.79. The number of hydrogen-bond acceptors (Lipinski definition) is 4. The molecule has 3 aromatic carbocycles. The fraction of sp³-hybridized carbons (Fsp3) is 0.192. The van der Waals surface area contributed by atoms with E-state index in [2.05, 4.69) is 5.32 Å². The molecule has 1 amide bonds. The molecule has 0 saturated carbocycles. The van der Waals surface area contributed by atoms with E-state index in [1.54, 1.807) is 47.9 Å². The van der Waals surface area contributed by atoms with Crippen LogP contribution in [0.2, 0.25) is 0 Å². The average molecular weight is 428 g/mol. The first-order valence-corrected chi connectivity index (χ1v) is 10.5. The summed E-state index contributed by atoms with van der Waals surface area (Å²) in [5, 5.41) is 3.85. The smallest absolute Gasteiger partial charge is 0.326 e. The molecule has 0 aliphatic rings. The zero-order valence-electron chi connectivity index (χ0n) is 18.0. The second kappa shape index (κ2) is 9.06. The molecule has 1 heterocycles. The highest BCUT2D eigenvalue weighted by Crippen LogP contribution is 2.19. The van der Waals surface area contributed by atoms with Crippen LogP contribution in [0.15, 0.2) is 77.6 Å². The van der Waals surface area contributed by atoms with Crippen LogP contribution in [0, 0.1) is 6.92 Å². The number of ether oxygens (including phenoxy) is 1. The Balaban J connectivity index is 1.50. The van der Waals surface area contributed by atoms with Gasteiger partial charge in [-0.3, -0.25) is 14.4 Å². The molecule has 162 valence electrons. The van der Waals surface area contributed by atoms with Gasteiger partial charge in [-0.1, -0.05) is 54.1 Å². The number of amides is 1. The van der Waals surface area contributed by atoms with Crippen molar-refractivity contribution in [3.63, 3.8) is 0 Å². The largest absolute Gasteiger partial charge is 0.451 e. The Morgan fingerprint density at radius 1 is 0.906 bits per heavy atom. The number of fused-ring (bicyclic) bond motifs is 2. The molecule has 6 heteroatoms. The van der Waals surface area contributed by atoms with Gasteiger partial charge in [0.25, 0.3) is 5.91 Å². The minimum absolute atomic E-state index is 0.0790. The number of benzene rings is 3. The molecule has 0 fully saturated rings. The van der Waals surface area contributed by atoms with Gasteiger partial charge in [-0.05, 0) is 43.7 Å². The Kier molecular flexibility index (Phi) is 6.03. The number of pyridine rings is 1. The minimum Gasteiger partial charge on any atom is -0.451 e. The summed E-state index contributed by atoms with van der Waals surface area (Å²) in [5.41, 5.74) is 3.32. The van der Waals surface area contributed by atoms with Gasteiger partial charge >= 0.3 is 5.97 Å². The molecule has 1 N–H and O–H groups in total. The number of carbonyl (C=O) groups excluding carboxylic acids is 2. The number of esters is 1. The molecule has 0 spiro atoms. The Bertz CT molecular complexity index is 1300. The van der Waals surface area contributed by atoms with Crippen molar-refractivity contribution in [3.8, 4) is 0 Å². The van der Waals surface area contributed by atoms with Crippen LogP contribution in [0.5, 0.6) is 0 Å². The normalized spacial score (nSPS) is 11.9. The second-order valence-corrected chi connectivity index (χ2v) is 7.79. The van der Waals surface area contributed by atoms with Gasteiger partial charge in [0, 0.05) is 17.3 Å². The SMILES string of the molecule is Cc1ccc(CNC(=O)[C@@H](C)OC(=O)Cn2c3ccccc3c(=O)c3ccccc32)cc1. The first-order valence-electron chi connectivity index (χ1n) is 10.5. The summed E-state index contributed by atoms with van der Waals surface area (Å²) in [4.78, 5) is 37.9. The number of nitrogens with one attached hydrogen (secondary N) is 1. The van der Waals surface area contributed by atoms with Gasteiger partial charge in [-0.15, -0.1) is 0 Å². The van der Waals surface area contributed by atoms with Crippen LogP contribution < -0.4 is 10.7 Å². The zero-order chi connectivity index (χ0) is 22.7. The molecule has 0 aliphatic heterocycles. The van der Waals surface area contributed by atoms with Crippen LogP contribution in [-0.2, 0) is 27.4 Å². The third-order valence-electron chi connectivity index (χ3n) is 5.43. The zero-order valence-corrected chi connectivity index (χ0v) is 18.0. The van der Waals surface area contributed by atoms with Gasteiger partial charge in [0.1, 0.15) is 6.54 Å². The molecule has 6 nitrogen and oxygen atoms in total. The van der Waals surface area contributed by atoms with Gasteiger partial charge < -0.3 is 14.6 Å². The topological polar surface area (TPSA) is 77.4 Å². The van der Waals surface area contributed by atoms with Gasteiger partial charge in [0.05, 0.1) is 11.0 Å². The first-order chi connectivity index (χ1) is 15.4. The fourth-order valence-corrected chi connectivity index (χ4v) is 3.70. The number of aromatic nitrogens is 1. The third-order valence-corrected chi connectivity index (χ3v) is 5.43. The van der Waals surface area contributed by atoms with E-state index in [0.29, 0.717) is 28.4 Å². The van der Waals surface area contributed by atoms with Crippen LogP contribution in [0.25, 0.3) is 21.8 Å². The molecule has 0 aliphatic carbocycles. The van der Waals surface area contributed by atoms with Crippen molar-refractivity contribution in [2.24, 2.45) is 0 Å². The summed E-state index contributed by atoms with van der Waals surface area (Å²) in [6.07, 6.45) is -0.940. The summed E-state index contributed by atoms with van der Waals surface area (Å²) < 4.78 is 7.16. The number of carbonyl (C=O) groups is 2. The summed E-state index contributed by atoms with van der Waals surface area (Å²) in [6, 6.07) is 22.1. The summed E-state index contributed by atoms with van der Waals surface area (Å²) in [6.45, 7) is 3.79. The van der Waals surface area contributed by atoms with E-state index in [-0.39, 0.29) is 17.9 Å². The van der Waals surface area contributed by atoms with Crippen molar-refractivity contribution >= 4 is 33.7 Å².